The first-order valence-electron chi connectivity index (χ1n) is 6.90. The molecule has 0 spiro atoms. The predicted molar refractivity (Wildman–Crippen MR) is 80.0 cm³/mol. The van der Waals surface area contributed by atoms with Gasteiger partial charge < -0.3 is 0 Å². The fourth-order valence-corrected chi connectivity index (χ4v) is 2.73. The molecule has 0 heterocycles. The van der Waals surface area contributed by atoms with E-state index in [1.807, 2.05) is 18.2 Å². The lowest BCUT2D eigenvalue weighted by atomic mass is 9.95. The van der Waals surface area contributed by atoms with Crippen molar-refractivity contribution in [3.05, 3.63) is 59.9 Å². The maximum atomic E-state index is 14.0. The molecule has 0 aliphatic heterocycles. The molecule has 0 radical (unpaired) electrons. The molecule has 19 heavy (non-hydrogen) atoms. The highest BCUT2D eigenvalue weighted by atomic mass is 19.1. The Hall–Kier alpha value is -1.89. The first kappa shape index (κ1) is 12.2. The smallest absolute Gasteiger partial charge is 0.127 e. The molecule has 0 N–H and O–H groups in total. The van der Waals surface area contributed by atoms with Crippen LogP contribution < -0.4 is 0 Å². The molecule has 0 atom stereocenters. The van der Waals surface area contributed by atoms with Gasteiger partial charge in [-0.3, -0.25) is 0 Å². The summed E-state index contributed by atoms with van der Waals surface area (Å²) < 4.78 is 14.0. The monoisotopic (exact) mass is 252 g/mol. The van der Waals surface area contributed by atoms with E-state index in [2.05, 4.69) is 31.2 Å². The summed E-state index contributed by atoms with van der Waals surface area (Å²) in [6.07, 6.45) is 2.93. The van der Waals surface area contributed by atoms with Gasteiger partial charge in [-0.25, -0.2) is 4.39 Å². The topological polar surface area (TPSA) is 0 Å². The van der Waals surface area contributed by atoms with Gasteiger partial charge >= 0.3 is 0 Å². The molecule has 3 rings (SSSR count). The van der Waals surface area contributed by atoms with Gasteiger partial charge in [-0.05, 0) is 46.0 Å². The van der Waals surface area contributed by atoms with Gasteiger partial charge in [0, 0.05) is 0 Å². The SMILES string of the molecule is CCCCc1c(F)ccc2c1ccc1ccccc12. The molecule has 1 heteroatoms. The average Bonchev–Trinajstić information content (AvgIpc) is 2.46. The van der Waals surface area contributed by atoms with Gasteiger partial charge in [0.15, 0.2) is 0 Å². The molecule has 0 saturated carbocycles. The Balaban J connectivity index is 2.31. The van der Waals surface area contributed by atoms with Crippen molar-refractivity contribution in [2.45, 2.75) is 26.2 Å². The lowest BCUT2D eigenvalue weighted by Crippen LogP contribution is -1.93. The van der Waals surface area contributed by atoms with E-state index in [0.717, 1.165) is 35.6 Å². The Morgan fingerprint density at radius 1 is 0.842 bits per heavy atom. The third-order valence-electron chi connectivity index (χ3n) is 3.76. The first-order chi connectivity index (χ1) is 9.31. The Kier molecular flexibility index (Phi) is 3.20. The van der Waals surface area contributed by atoms with Gasteiger partial charge in [0.1, 0.15) is 5.82 Å². The zero-order valence-electron chi connectivity index (χ0n) is 11.1. The van der Waals surface area contributed by atoms with Crippen molar-refractivity contribution >= 4 is 21.5 Å². The lowest BCUT2D eigenvalue weighted by molar-refractivity contribution is 0.606. The van der Waals surface area contributed by atoms with Crippen molar-refractivity contribution in [1.29, 1.82) is 0 Å². The molecule has 0 unspecified atom stereocenters. The maximum Gasteiger partial charge on any atom is 0.127 e. The molecular weight excluding hydrogens is 235 g/mol. The van der Waals surface area contributed by atoms with Crippen LogP contribution in [-0.2, 0) is 6.42 Å². The van der Waals surface area contributed by atoms with E-state index in [4.69, 9.17) is 0 Å². The lowest BCUT2D eigenvalue weighted by Gasteiger charge is -2.10. The highest BCUT2D eigenvalue weighted by Crippen LogP contribution is 2.29. The largest absolute Gasteiger partial charge is 0.207 e. The van der Waals surface area contributed by atoms with Crippen LogP contribution in [0.1, 0.15) is 25.3 Å². The van der Waals surface area contributed by atoms with Crippen LogP contribution in [-0.4, -0.2) is 0 Å². The molecular formula is C18H17F. The molecule has 96 valence electrons. The number of benzene rings is 3. The van der Waals surface area contributed by atoms with Crippen molar-refractivity contribution < 1.29 is 4.39 Å². The van der Waals surface area contributed by atoms with Gasteiger partial charge in [-0.2, -0.15) is 0 Å². The molecule has 0 fully saturated rings. The molecule has 0 aliphatic carbocycles. The summed E-state index contributed by atoms with van der Waals surface area (Å²) in [4.78, 5) is 0. The summed E-state index contributed by atoms with van der Waals surface area (Å²) in [7, 11) is 0. The van der Waals surface area contributed by atoms with Crippen LogP contribution in [0, 0.1) is 5.82 Å². The predicted octanol–water partition coefficient (Wildman–Crippen LogP) is 5.47. The van der Waals surface area contributed by atoms with Crippen LogP contribution in [0.25, 0.3) is 21.5 Å². The van der Waals surface area contributed by atoms with Crippen molar-refractivity contribution in [3.63, 3.8) is 0 Å². The van der Waals surface area contributed by atoms with Crippen LogP contribution in [0.5, 0.6) is 0 Å². The van der Waals surface area contributed by atoms with Crippen LogP contribution in [0.15, 0.2) is 48.5 Å². The van der Waals surface area contributed by atoms with Crippen LogP contribution >= 0.6 is 0 Å². The molecule has 0 aliphatic rings. The average molecular weight is 252 g/mol. The Morgan fingerprint density at radius 2 is 1.63 bits per heavy atom. The van der Waals surface area contributed by atoms with Gasteiger partial charge in [0.25, 0.3) is 0 Å². The standard InChI is InChI=1S/C18H17F/c1-2-3-7-17-16-10-9-13-6-4-5-8-14(13)15(16)11-12-18(17)19/h4-6,8-12H,2-3,7H2,1H3. The number of aryl methyl sites for hydroxylation is 1. The Bertz CT molecular complexity index is 728. The number of hydrogen-bond acceptors (Lipinski definition) is 0. The summed E-state index contributed by atoms with van der Waals surface area (Å²) in [5.74, 6) is -0.0729. The zero-order valence-corrected chi connectivity index (χ0v) is 11.1. The molecule has 0 amide bonds. The van der Waals surface area contributed by atoms with E-state index in [0.29, 0.717) is 0 Å². The summed E-state index contributed by atoms with van der Waals surface area (Å²) in [6.45, 7) is 2.14. The Morgan fingerprint density at radius 3 is 2.47 bits per heavy atom. The van der Waals surface area contributed by atoms with E-state index >= 15 is 0 Å². The molecule has 0 nitrogen and oxygen atoms in total. The van der Waals surface area contributed by atoms with E-state index in [9.17, 15) is 4.39 Å². The first-order valence-corrected chi connectivity index (χ1v) is 6.90. The quantitative estimate of drug-likeness (QED) is 0.542. The minimum absolute atomic E-state index is 0.0729. The highest BCUT2D eigenvalue weighted by molar-refractivity contribution is 6.08. The van der Waals surface area contributed by atoms with Crippen molar-refractivity contribution in [2.75, 3.05) is 0 Å². The molecule has 0 aromatic heterocycles. The van der Waals surface area contributed by atoms with E-state index in [1.165, 1.54) is 10.8 Å². The third kappa shape index (κ3) is 2.10. The normalized spacial score (nSPS) is 11.3. The minimum Gasteiger partial charge on any atom is -0.207 e. The minimum atomic E-state index is -0.0729. The van der Waals surface area contributed by atoms with Crippen LogP contribution in [0.2, 0.25) is 0 Å². The summed E-state index contributed by atoms with van der Waals surface area (Å²) >= 11 is 0. The third-order valence-corrected chi connectivity index (χ3v) is 3.76. The number of halogens is 1. The van der Waals surface area contributed by atoms with Crippen molar-refractivity contribution in [3.8, 4) is 0 Å². The fourth-order valence-electron chi connectivity index (χ4n) is 2.73. The van der Waals surface area contributed by atoms with Crippen molar-refractivity contribution in [1.82, 2.24) is 0 Å². The van der Waals surface area contributed by atoms with E-state index in [-0.39, 0.29) is 5.82 Å². The fraction of sp³-hybridized carbons (Fsp3) is 0.222. The maximum absolute atomic E-state index is 14.0. The van der Waals surface area contributed by atoms with E-state index in [1.54, 1.807) is 6.07 Å². The number of rotatable bonds is 3. The molecule has 3 aromatic carbocycles. The van der Waals surface area contributed by atoms with Crippen molar-refractivity contribution in [2.24, 2.45) is 0 Å². The highest BCUT2D eigenvalue weighted by Gasteiger charge is 2.09. The second-order valence-corrected chi connectivity index (χ2v) is 5.01. The Labute approximate surface area is 112 Å². The van der Waals surface area contributed by atoms with Gasteiger partial charge in [-0.1, -0.05) is 55.8 Å². The second-order valence-electron chi connectivity index (χ2n) is 5.01. The van der Waals surface area contributed by atoms with Gasteiger partial charge in [-0.15, -0.1) is 0 Å². The van der Waals surface area contributed by atoms with Crippen LogP contribution in [0.3, 0.4) is 0 Å². The van der Waals surface area contributed by atoms with Gasteiger partial charge in [0.05, 0.1) is 0 Å². The van der Waals surface area contributed by atoms with Gasteiger partial charge in [0.2, 0.25) is 0 Å². The number of unbranched alkanes of at least 4 members (excludes halogenated alkanes) is 1. The summed E-state index contributed by atoms with van der Waals surface area (Å²) in [5, 5.41) is 4.64. The second kappa shape index (κ2) is 5.00. The summed E-state index contributed by atoms with van der Waals surface area (Å²) in [6, 6.07) is 16.0. The number of hydrogen-bond donors (Lipinski definition) is 0. The number of fused-ring (bicyclic) bond motifs is 3. The molecule has 0 bridgehead atoms. The zero-order chi connectivity index (χ0) is 13.2. The van der Waals surface area contributed by atoms with E-state index < -0.39 is 0 Å². The molecule has 3 aromatic rings. The molecule has 0 saturated heterocycles. The summed E-state index contributed by atoms with van der Waals surface area (Å²) in [5.41, 5.74) is 0.866. The van der Waals surface area contributed by atoms with Crippen LogP contribution in [0.4, 0.5) is 4.39 Å².